The SMILES string of the molecule is CCCCCCCCCCCCCCCCCCCCN(C)C(=O)C1CC1c1ccc(SC)cc1. The lowest BCUT2D eigenvalue weighted by atomic mass is 10.0. The van der Waals surface area contributed by atoms with Crippen LogP contribution in [0.1, 0.15) is 140 Å². The van der Waals surface area contributed by atoms with Crippen LogP contribution in [0, 0.1) is 5.92 Å². The highest BCUT2D eigenvalue weighted by atomic mass is 32.2. The lowest BCUT2D eigenvalue weighted by Gasteiger charge is -2.17. The number of carbonyl (C=O) groups excluding carboxylic acids is 1. The first-order chi connectivity index (χ1) is 17.2. The molecule has 2 rings (SSSR count). The third-order valence-corrected chi connectivity index (χ3v) is 8.62. The molecule has 0 saturated heterocycles. The van der Waals surface area contributed by atoms with E-state index in [-0.39, 0.29) is 5.92 Å². The number of nitrogens with zero attached hydrogens (tertiary/aromatic N) is 1. The number of hydrogen-bond donors (Lipinski definition) is 0. The molecule has 1 fully saturated rings. The second-order valence-corrected chi connectivity index (χ2v) is 11.9. The van der Waals surface area contributed by atoms with Gasteiger partial charge in [0.15, 0.2) is 0 Å². The third kappa shape index (κ3) is 13.2. The summed E-state index contributed by atoms with van der Waals surface area (Å²) in [4.78, 5) is 16.0. The largest absolute Gasteiger partial charge is 0.346 e. The Morgan fingerprint density at radius 2 is 1.17 bits per heavy atom. The fraction of sp³-hybridized carbons (Fsp3) is 0.781. The van der Waals surface area contributed by atoms with Gasteiger partial charge in [-0.2, -0.15) is 0 Å². The number of carbonyl (C=O) groups is 1. The maximum atomic E-state index is 12.7. The van der Waals surface area contributed by atoms with Gasteiger partial charge in [0.1, 0.15) is 0 Å². The summed E-state index contributed by atoms with van der Waals surface area (Å²) in [5.74, 6) is 1.02. The van der Waals surface area contributed by atoms with Crippen molar-refractivity contribution in [2.75, 3.05) is 19.8 Å². The highest BCUT2D eigenvalue weighted by molar-refractivity contribution is 7.98. The predicted molar refractivity (Wildman–Crippen MR) is 155 cm³/mol. The van der Waals surface area contributed by atoms with E-state index in [9.17, 15) is 4.79 Å². The van der Waals surface area contributed by atoms with Crippen LogP contribution >= 0.6 is 11.8 Å². The molecule has 0 heterocycles. The molecule has 0 spiro atoms. The molecule has 2 atom stereocenters. The lowest BCUT2D eigenvalue weighted by Crippen LogP contribution is -2.29. The number of amides is 1. The van der Waals surface area contributed by atoms with Crippen molar-refractivity contribution in [1.82, 2.24) is 4.90 Å². The van der Waals surface area contributed by atoms with Crippen molar-refractivity contribution >= 4 is 17.7 Å². The maximum Gasteiger partial charge on any atom is 0.226 e. The zero-order valence-corrected chi connectivity index (χ0v) is 24.2. The summed E-state index contributed by atoms with van der Waals surface area (Å²) in [5.41, 5.74) is 1.34. The van der Waals surface area contributed by atoms with E-state index >= 15 is 0 Å². The summed E-state index contributed by atoms with van der Waals surface area (Å²) in [7, 11) is 2.00. The van der Waals surface area contributed by atoms with Crippen LogP contribution in [0.25, 0.3) is 0 Å². The van der Waals surface area contributed by atoms with Gasteiger partial charge in [0.2, 0.25) is 5.91 Å². The molecule has 0 aliphatic heterocycles. The van der Waals surface area contributed by atoms with Crippen molar-refractivity contribution in [3.63, 3.8) is 0 Å². The highest BCUT2D eigenvalue weighted by Gasteiger charge is 2.44. The van der Waals surface area contributed by atoms with Crippen molar-refractivity contribution in [2.24, 2.45) is 5.92 Å². The second kappa shape index (κ2) is 19.2. The third-order valence-electron chi connectivity index (χ3n) is 7.87. The van der Waals surface area contributed by atoms with E-state index in [1.54, 1.807) is 11.8 Å². The average Bonchev–Trinajstić information content (AvgIpc) is 3.68. The number of unbranched alkanes of at least 4 members (excludes halogenated alkanes) is 17. The molecule has 1 aliphatic rings. The first kappa shape index (κ1) is 30.3. The normalized spacial score (nSPS) is 17.0. The summed E-state index contributed by atoms with van der Waals surface area (Å²) in [6.07, 6.45) is 28.3. The molecular formula is C32H55NOS. The zero-order chi connectivity index (χ0) is 25.1. The Kier molecular flexibility index (Phi) is 16.6. The van der Waals surface area contributed by atoms with Crippen LogP contribution in [0.4, 0.5) is 0 Å². The minimum absolute atomic E-state index is 0.218. The Morgan fingerprint density at radius 1 is 0.743 bits per heavy atom. The van der Waals surface area contributed by atoms with E-state index < -0.39 is 0 Å². The van der Waals surface area contributed by atoms with Gasteiger partial charge in [0.05, 0.1) is 0 Å². The van der Waals surface area contributed by atoms with Crippen LogP contribution in [0.15, 0.2) is 29.2 Å². The monoisotopic (exact) mass is 501 g/mol. The van der Waals surface area contributed by atoms with Gasteiger partial charge in [-0.05, 0) is 42.7 Å². The Bertz CT molecular complexity index is 658. The Balaban J connectivity index is 1.34. The summed E-state index contributed by atoms with van der Waals surface area (Å²) in [6.45, 7) is 3.22. The van der Waals surface area contributed by atoms with Crippen LogP contribution < -0.4 is 0 Å². The van der Waals surface area contributed by atoms with E-state index in [0.717, 1.165) is 19.4 Å². The molecule has 200 valence electrons. The molecule has 0 radical (unpaired) electrons. The molecule has 1 aliphatic carbocycles. The van der Waals surface area contributed by atoms with Gasteiger partial charge in [-0.15, -0.1) is 11.8 Å². The maximum absolute atomic E-state index is 12.7. The predicted octanol–water partition coefficient (Wildman–Crippen LogP) is 10.0. The molecule has 0 aromatic heterocycles. The fourth-order valence-corrected chi connectivity index (χ4v) is 5.74. The Labute approximate surface area is 222 Å². The quantitative estimate of drug-likeness (QED) is 0.116. The first-order valence-electron chi connectivity index (χ1n) is 15.1. The summed E-state index contributed by atoms with van der Waals surface area (Å²) in [6, 6.07) is 8.78. The van der Waals surface area contributed by atoms with Gasteiger partial charge in [-0.1, -0.05) is 128 Å². The van der Waals surface area contributed by atoms with Gasteiger partial charge in [-0.25, -0.2) is 0 Å². The van der Waals surface area contributed by atoms with Crippen molar-refractivity contribution < 1.29 is 4.79 Å². The number of hydrogen-bond acceptors (Lipinski definition) is 2. The molecule has 1 aromatic rings. The molecule has 1 aromatic carbocycles. The van der Waals surface area contributed by atoms with Gasteiger partial charge >= 0.3 is 0 Å². The van der Waals surface area contributed by atoms with Crippen molar-refractivity contribution in [3.8, 4) is 0 Å². The van der Waals surface area contributed by atoms with E-state index in [1.807, 2.05) is 11.9 Å². The fourth-order valence-electron chi connectivity index (χ4n) is 5.33. The minimum Gasteiger partial charge on any atom is -0.346 e. The molecule has 0 bridgehead atoms. The summed E-state index contributed by atoms with van der Waals surface area (Å²) < 4.78 is 0. The van der Waals surface area contributed by atoms with E-state index in [1.165, 1.54) is 120 Å². The van der Waals surface area contributed by atoms with Crippen LogP contribution in [0.2, 0.25) is 0 Å². The molecule has 2 unspecified atom stereocenters. The number of rotatable bonds is 22. The molecule has 2 nitrogen and oxygen atoms in total. The van der Waals surface area contributed by atoms with Crippen LogP contribution in [-0.2, 0) is 4.79 Å². The molecule has 1 saturated carbocycles. The van der Waals surface area contributed by atoms with E-state index in [2.05, 4.69) is 37.4 Å². The van der Waals surface area contributed by atoms with Crippen LogP contribution in [0.3, 0.4) is 0 Å². The van der Waals surface area contributed by atoms with Crippen molar-refractivity contribution in [1.29, 1.82) is 0 Å². The minimum atomic E-state index is 0.218. The average molecular weight is 502 g/mol. The summed E-state index contributed by atoms with van der Waals surface area (Å²) in [5, 5.41) is 0. The van der Waals surface area contributed by atoms with Crippen LogP contribution in [-0.4, -0.2) is 30.7 Å². The second-order valence-electron chi connectivity index (χ2n) is 11.0. The highest BCUT2D eigenvalue weighted by Crippen LogP contribution is 2.48. The van der Waals surface area contributed by atoms with Gasteiger partial charge in [0, 0.05) is 24.4 Å². The van der Waals surface area contributed by atoms with Gasteiger partial charge < -0.3 is 4.90 Å². The van der Waals surface area contributed by atoms with Crippen molar-refractivity contribution in [2.45, 2.75) is 140 Å². The Hall–Kier alpha value is -0.960. The standard InChI is InChI=1S/C32H55NOS/c1-4-5-6-7-8-9-10-11-12-13-14-15-16-17-18-19-20-21-26-33(2)32(34)31-27-30(31)28-22-24-29(35-3)25-23-28/h22-25,30-31H,4-21,26-27H2,1-3H3. The molecule has 35 heavy (non-hydrogen) atoms. The number of thioether (sulfide) groups is 1. The van der Waals surface area contributed by atoms with E-state index in [4.69, 9.17) is 0 Å². The molecular weight excluding hydrogens is 446 g/mol. The smallest absolute Gasteiger partial charge is 0.226 e. The lowest BCUT2D eigenvalue weighted by molar-refractivity contribution is -0.131. The summed E-state index contributed by atoms with van der Waals surface area (Å²) >= 11 is 1.77. The molecule has 0 N–H and O–H groups in total. The molecule has 1 amide bonds. The topological polar surface area (TPSA) is 20.3 Å². The Morgan fingerprint density at radius 3 is 1.60 bits per heavy atom. The van der Waals surface area contributed by atoms with Crippen LogP contribution in [0.5, 0.6) is 0 Å². The van der Waals surface area contributed by atoms with E-state index in [0.29, 0.717) is 11.8 Å². The van der Waals surface area contributed by atoms with Gasteiger partial charge in [0.25, 0.3) is 0 Å². The molecule has 3 heteroatoms. The number of benzene rings is 1. The van der Waals surface area contributed by atoms with Gasteiger partial charge in [-0.3, -0.25) is 4.79 Å². The zero-order valence-electron chi connectivity index (χ0n) is 23.4. The van der Waals surface area contributed by atoms with Crippen molar-refractivity contribution in [3.05, 3.63) is 29.8 Å². The first-order valence-corrected chi connectivity index (χ1v) is 16.3.